The van der Waals surface area contributed by atoms with Gasteiger partial charge in [0.05, 0.1) is 10.9 Å². The molecule has 118 valence electrons. The number of thioether (sulfide) groups is 2. The van der Waals surface area contributed by atoms with Crippen LogP contribution in [0.1, 0.15) is 12.5 Å². The molecule has 0 bridgehead atoms. The van der Waals surface area contributed by atoms with Gasteiger partial charge in [-0.05, 0) is 30.7 Å². The lowest BCUT2D eigenvalue weighted by molar-refractivity contribution is -0.117. The van der Waals surface area contributed by atoms with E-state index in [1.54, 1.807) is 16.7 Å². The zero-order chi connectivity index (χ0) is 16.2. The second kappa shape index (κ2) is 7.23. The molecule has 3 nitrogen and oxygen atoms in total. The summed E-state index contributed by atoms with van der Waals surface area (Å²) in [4.78, 5) is 19.0. The highest BCUT2D eigenvalue weighted by Crippen LogP contribution is 2.36. The Kier molecular flexibility index (Phi) is 5.08. The number of para-hydroxylation sites is 2. The van der Waals surface area contributed by atoms with Gasteiger partial charge in [0, 0.05) is 18.5 Å². The average Bonchev–Trinajstić information content (AvgIpc) is 2.61. The van der Waals surface area contributed by atoms with Gasteiger partial charge in [0.1, 0.15) is 4.38 Å². The molecule has 3 rings (SSSR count). The molecule has 1 aliphatic rings. The third-order valence-electron chi connectivity index (χ3n) is 3.65. The number of rotatable bonds is 3. The largest absolute Gasteiger partial charge is 0.315 e. The van der Waals surface area contributed by atoms with Gasteiger partial charge in [-0.3, -0.25) is 4.79 Å². The molecule has 1 unspecified atom stereocenters. The van der Waals surface area contributed by atoms with Gasteiger partial charge in [0.25, 0.3) is 0 Å². The lowest BCUT2D eigenvalue weighted by atomic mass is 10.2. The predicted molar refractivity (Wildman–Crippen MR) is 102 cm³/mol. The summed E-state index contributed by atoms with van der Waals surface area (Å²) < 4.78 is 0.964. The second-order valence-electron chi connectivity index (χ2n) is 5.29. The number of hydrogen-bond donors (Lipinski definition) is 0. The predicted octanol–water partition coefficient (Wildman–Crippen LogP) is 4.71. The van der Waals surface area contributed by atoms with Crippen LogP contribution >= 0.6 is 23.5 Å². The molecule has 0 aliphatic carbocycles. The highest BCUT2D eigenvalue weighted by atomic mass is 32.2. The minimum absolute atomic E-state index is 0.0864. The van der Waals surface area contributed by atoms with Crippen molar-refractivity contribution in [2.24, 2.45) is 4.99 Å². The number of carbonyl (C=O) groups is 1. The zero-order valence-electron chi connectivity index (χ0n) is 13.1. The van der Waals surface area contributed by atoms with Crippen LogP contribution < -0.4 is 4.90 Å². The molecule has 0 aromatic heterocycles. The van der Waals surface area contributed by atoms with Gasteiger partial charge in [-0.25, -0.2) is 4.99 Å². The van der Waals surface area contributed by atoms with Gasteiger partial charge in [-0.2, -0.15) is 0 Å². The van der Waals surface area contributed by atoms with Gasteiger partial charge < -0.3 is 4.90 Å². The maximum Gasteiger partial charge on any atom is 0.239 e. The first-order valence-corrected chi connectivity index (χ1v) is 9.30. The summed E-state index contributed by atoms with van der Waals surface area (Å²) in [6.45, 7) is 1.94. The van der Waals surface area contributed by atoms with Crippen molar-refractivity contribution in [2.45, 2.75) is 17.9 Å². The maximum atomic E-state index is 12.6. The van der Waals surface area contributed by atoms with Crippen LogP contribution in [0.2, 0.25) is 0 Å². The molecule has 2 aromatic rings. The van der Waals surface area contributed by atoms with E-state index in [1.807, 2.05) is 62.5 Å². The summed E-state index contributed by atoms with van der Waals surface area (Å²) in [7, 11) is 1.82. The first-order chi connectivity index (χ1) is 11.1. The molecule has 0 radical (unpaired) electrons. The summed E-state index contributed by atoms with van der Waals surface area (Å²) in [6, 6.07) is 17.9. The number of anilines is 1. The van der Waals surface area contributed by atoms with Crippen LogP contribution in [0.25, 0.3) is 0 Å². The average molecular weight is 342 g/mol. The lowest BCUT2D eigenvalue weighted by Crippen LogP contribution is -2.33. The van der Waals surface area contributed by atoms with Crippen LogP contribution in [0.15, 0.2) is 59.6 Å². The van der Waals surface area contributed by atoms with Crippen LogP contribution in [-0.2, 0) is 10.5 Å². The monoisotopic (exact) mass is 342 g/mol. The number of fused-ring (bicyclic) bond motifs is 1. The highest BCUT2D eigenvalue weighted by molar-refractivity contribution is 8.39. The van der Waals surface area contributed by atoms with Gasteiger partial charge in [-0.1, -0.05) is 59.9 Å². The Labute approximate surface area is 145 Å². The van der Waals surface area contributed by atoms with Gasteiger partial charge >= 0.3 is 0 Å². The van der Waals surface area contributed by atoms with E-state index < -0.39 is 0 Å². The normalized spacial score (nSPS) is 14.6. The van der Waals surface area contributed by atoms with Crippen molar-refractivity contribution in [1.82, 2.24) is 0 Å². The van der Waals surface area contributed by atoms with Crippen molar-refractivity contribution in [3.05, 3.63) is 60.2 Å². The van der Waals surface area contributed by atoms with Gasteiger partial charge in [0.15, 0.2) is 0 Å². The fourth-order valence-corrected chi connectivity index (χ4v) is 4.61. The molecule has 2 aromatic carbocycles. The van der Waals surface area contributed by atoms with Crippen LogP contribution in [0.3, 0.4) is 0 Å². The van der Waals surface area contributed by atoms with Crippen molar-refractivity contribution in [1.29, 1.82) is 0 Å². The highest BCUT2D eigenvalue weighted by Gasteiger charge is 2.23. The van der Waals surface area contributed by atoms with Crippen molar-refractivity contribution in [2.75, 3.05) is 11.9 Å². The molecule has 1 atom stereocenters. The Morgan fingerprint density at radius 1 is 1.17 bits per heavy atom. The molecule has 0 N–H and O–H groups in total. The SMILES string of the molecule is CC(SC1=Nc2ccccc2CS1)C(=O)N(C)c1ccccc1. The van der Waals surface area contributed by atoms with Gasteiger partial charge in [-0.15, -0.1) is 0 Å². The summed E-state index contributed by atoms with van der Waals surface area (Å²) in [5.74, 6) is 1.00. The number of carbonyl (C=O) groups excluding carboxylic acids is 1. The van der Waals surface area contributed by atoms with E-state index in [9.17, 15) is 4.79 Å². The molecule has 0 saturated carbocycles. The van der Waals surface area contributed by atoms with E-state index in [-0.39, 0.29) is 11.2 Å². The molecular weight excluding hydrogens is 324 g/mol. The third kappa shape index (κ3) is 3.79. The topological polar surface area (TPSA) is 32.7 Å². The fourth-order valence-electron chi connectivity index (χ4n) is 2.33. The summed E-state index contributed by atoms with van der Waals surface area (Å²) in [6.07, 6.45) is 0. The number of nitrogens with zero attached hydrogens (tertiary/aromatic N) is 2. The number of amides is 1. The Bertz CT molecular complexity index is 731. The summed E-state index contributed by atoms with van der Waals surface area (Å²) in [5, 5.41) is -0.170. The van der Waals surface area contributed by atoms with Crippen molar-refractivity contribution < 1.29 is 4.79 Å². The molecule has 0 fully saturated rings. The Morgan fingerprint density at radius 3 is 2.65 bits per heavy atom. The van der Waals surface area contributed by atoms with Crippen molar-refractivity contribution in [3.8, 4) is 0 Å². The second-order valence-corrected chi connectivity index (χ2v) is 7.84. The summed E-state index contributed by atoms with van der Waals surface area (Å²) in [5.41, 5.74) is 3.18. The van der Waals surface area contributed by atoms with E-state index in [0.29, 0.717) is 0 Å². The molecule has 0 saturated heterocycles. The molecule has 0 spiro atoms. The van der Waals surface area contributed by atoms with Crippen LogP contribution in [0, 0.1) is 0 Å². The quantitative estimate of drug-likeness (QED) is 0.810. The molecular formula is C18H18N2OS2. The van der Waals surface area contributed by atoms with Crippen LogP contribution in [-0.4, -0.2) is 22.6 Å². The first kappa shape index (κ1) is 16.1. The minimum Gasteiger partial charge on any atom is -0.315 e. The van der Waals surface area contributed by atoms with E-state index in [0.717, 1.165) is 21.5 Å². The van der Waals surface area contributed by atoms with E-state index in [2.05, 4.69) is 11.1 Å². The molecule has 23 heavy (non-hydrogen) atoms. The Morgan fingerprint density at radius 2 is 1.87 bits per heavy atom. The summed E-state index contributed by atoms with van der Waals surface area (Å²) >= 11 is 3.24. The number of aliphatic imine (C=N–C) groups is 1. The minimum atomic E-state index is -0.170. The molecule has 5 heteroatoms. The molecule has 1 heterocycles. The lowest BCUT2D eigenvalue weighted by Gasteiger charge is -2.22. The van der Waals surface area contributed by atoms with Crippen molar-refractivity contribution in [3.63, 3.8) is 0 Å². The van der Waals surface area contributed by atoms with E-state index in [4.69, 9.17) is 0 Å². The van der Waals surface area contributed by atoms with E-state index in [1.165, 1.54) is 17.3 Å². The number of benzene rings is 2. The van der Waals surface area contributed by atoms with Crippen molar-refractivity contribution >= 4 is 45.2 Å². The van der Waals surface area contributed by atoms with E-state index >= 15 is 0 Å². The third-order valence-corrected chi connectivity index (χ3v) is 5.94. The maximum absolute atomic E-state index is 12.6. The van der Waals surface area contributed by atoms with Crippen LogP contribution in [0.4, 0.5) is 11.4 Å². The molecule has 1 amide bonds. The smallest absolute Gasteiger partial charge is 0.239 e. The molecule has 1 aliphatic heterocycles. The standard InChI is InChI=1S/C18H18N2OS2/c1-13(17(21)20(2)15-9-4-3-5-10-15)23-18-19-16-11-7-6-8-14(16)12-22-18/h3-11,13H,12H2,1-2H3. The fraction of sp³-hybridized carbons (Fsp3) is 0.222. The first-order valence-electron chi connectivity index (χ1n) is 7.44. The Balaban J connectivity index is 1.69. The van der Waals surface area contributed by atoms with Crippen LogP contribution in [0.5, 0.6) is 0 Å². The zero-order valence-corrected chi connectivity index (χ0v) is 14.7. The van der Waals surface area contributed by atoms with Gasteiger partial charge in [0.2, 0.25) is 5.91 Å². The Hall–Kier alpha value is -1.72. The number of hydrogen-bond acceptors (Lipinski definition) is 4.